The van der Waals surface area contributed by atoms with E-state index in [0.717, 1.165) is 46.3 Å². The fourth-order valence-electron chi connectivity index (χ4n) is 4.25. The van der Waals surface area contributed by atoms with Crippen LogP contribution >= 0.6 is 11.6 Å². The van der Waals surface area contributed by atoms with Gasteiger partial charge in [0.25, 0.3) is 0 Å². The lowest BCUT2D eigenvalue weighted by Crippen LogP contribution is -2.29. The van der Waals surface area contributed by atoms with E-state index < -0.39 is 0 Å². The molecule has 0 aliphatic rings. The molecule has 158 valence electrons. The van der Waals surface area contributed by atoms with Crippen LogP contribution in [0.3, 0.4) is 0 Å². The third-order valence-corrected chi connectivity index (χ3v) is 6.02. The molecule has 0 saturated carbocycles. The Morgan fingerprint density at radius 3 is 2.30 bits per heavy atom. The summed E-state index contributed by atoms with van der Waals surface area (Å²) in [6.45, 7) is 8.52. The highest BCUT2D eigenvalue weighted by molar-refractivity contribution is 6.17. The lowest BCUT2D eigenvalue weighted by molar-refractivity contribution is 0.438. The quantitative estimate of drug-likeness (QED) is 0.368. The van der Waals surface area contributed by atoms with Gasteiger partial charge in [-0.15, -0.1) is 11.6 Å². The number of aromatic nitrogens is 4. The number of alkyl halides is 1. The number of nitrogens with one attached hydrogen (secondary N) is 1. The summed E-state index contributed by atoms with van der Waals surface area (Å²) in [5, 5.41) is 0. The highest BCUT2D eigenvalue weighted by atomic mass is 35.5. The first-order valence-electron chi connectivity index (χ1n) is 10.7. The van der Waals surface area contributed by atoms with E-state index in [4.69, 9.17) is 16.6 Å². The van der Waals surface area contributed by atoms with E-state index in [2.05, 4.69) is 32.7 Å². The van der Waals surface area contributed by atoms with Crippen LogP contribution in [0.25, 0.3) is 22.1 Å². The molecule has 6 heteroatoms. The minimum absolute atomic E-state index is 0.0120. The molecule has 30 heavy (non-hydrogen) atoms. The number of benzene rings is 2. The highest BCUT2D eigenvalue weighted by Crippen LogP contribution is 2.30. The summed E-state index contributed by atoms with van der Waals surface area (Å²) in [7, 11) is 0. The third kappa shape index (κ3) is 3.56. The van der Waals surface area contributed by atoms with E-state index in [1.165, 1.54) is 0 Å². The van der Waals surface area contributed by atoms with Crippen molar-refractivity contribution in [1.82, 2.24) is 19.1 Å². The van der Waals surface area contributed by atoms with Crippen molar-refractivity contribution in [2.75, 3.05) is 0 Å². The van der Waals surface area contributed by atoms with Crippen molar-refractivity contribution >= 4 is 33.7 Å². The average Bonchev–Trinajstić information content (AvgIpc) is 3.27. The fraction of sp³-hybridized carbons (Fsp3) is 0.417. The first kappa shape index (κ1) is 20.7. The van der Waals surface area contributed by atoms with Gasteiger partial charge in [0.2, 0.25) is 0 Å². The Morgan fingerprint density at radius 1 is 0.967 bits per heavy atom. The number of halogens is 1. The van der Waals surface area contributed by atoms with Crippen molar-refractivity contribution < 1.29 is 0 Å². The van der Waals surface area contributed by atoms with Gasteiger partial charge in [0, 0.05) is 11.9 Å². The number of rotatable bonds is 7. The first-order valence-corrected chi connectivity index (χ1v) is 11.2. The maximum Gasteiger partial charge on any atom is 0.330 e. The number of imidazole rings is 2. The van der Waals surface area contributed by atoms with Gasteiger partial charge in [-0.05, 0) is 56.4 Å². The van der Waals surface area contributed by atoms with Gasteiger partial charge in [-0.3, -0.25) is 9.13 Å². The lowest BCUT2D eigenvalue weighted by Gasteiger charge is -2.18. The topological polar surface area (TPSA) is 55.6 Å². The van der Waals surface area contributed by atoms with Crippen molar-refractivity contribution in [1.29, 1.82) is 0 Å². The summed E-state index contributed by atoms with van der Waals surface area (Å²) in [5.74, 6) is 1.76. The molecule has 2 aromatic carbocycles. The van der Waals surface area contributed by atoms with Gasteiger partial charge >= 0.3 is 5.69 Å². The molecule has 1 unspecified atom stereocenters. The zero-order valence-electron chi connectivity index (χ0n) is 18.0. The Balaban J connectivity index is 1.95. The van der Waals surface area contributed by atoms with Crippen molar-refractivity contribution in [2.24, 2.45) is 5.92 Å². The van der Waals surface area contributed by atoms with E-state index in [1.54, 1.807) is 0 Å². The van der Waals surface area contributed by atoms with Crippen LogP contribution in [0.1, 0.15) is 64.0 Å². The molecular formula is C24H29ClN4O. The van der Waals surface area contributed by atoms with Crippen LogP contribution in [0.2, 0.25) is 0 Å². The van der Waals surface area contributed by atoms with Gasteiger partial charge in [-0.2, -0.15) is 0 Å². The molecule has 2 aromatic heterocycles. The molecule has 4 aromatic rings. The number of hydrogen-bond acceptors (Lipinski definition) is 2. The molecule has 4 rings (SSSR count). The van der Waals surface area contributed by atoms with Gasteiger partial charge in [0.1, 0.15) is 5.82 Å². The predicted octanol–water partition coefficient (Wildman–Crippen LogP) is 6.02. The predicted molar refractivity (Wildman–Crippen MR) is 124 cm³/mol. The molecule has 1 N–H and O–H groups in total. The normalized spacial score (nSPS) is 13.2. The zero-order chi connectivity index (χ0) is 21.4. The summed E-state index contributed by atoms with van der Waals surface area (Å²) < 4.78 is 3.81. The molecule has 0 bridgehead atoms. The minimum Gasteiger partial charge on any atom is -0.340 e. The number of para-hydroxylation sites is 3. The van der Waals surface area contributed by atoms with Crippen LogP contribution in [0, 0.1) is 5.92 Å². The Morgan fingerprint density at radius 2 is 1.67 bits per heavy atom. The number of H-pyrrole nitrogens is 1. The highest BCUT2D eigenvalue weighted by Gasteiger charge is 2.25. The SMILES string of the molecule is CC(C)CCC(c1nc2c(CCl)cccc2[nH]1)n1c(=O)n(C(C)C)c2ccccc21. The standard InChI is InChI=1S/C24H29ClN4O/c1-15(2)12-13-21(23-26-18-9-7-8-17(14-25)22(18)27-23)29-20-11-6-5-10-19(20)28(16(3)4)24(29)30/h5-11,15-16,21H,12-14H2,1-4H3,(H,26,27). The second-order valence-corrected chi connectivity index (χ2v) is 8.93. The van der Waals surface area contributed by atoms with Crippen LogP contribution in [-0.2, 0) is 5.88 Å². The molecule has 1 atom stereocenters. The molecular weight excluding hydrogens is 396 g/mol. The van der Waals surface area contributed by atoms with E-state index >= 15 is 0 Å². The van der Waals surface area contributed by atoms with Crippen LogP contribution in [0.4, 0.5) is 0 Å². The zero-order valence-corrected chi connectivity index (χ0v) is 18.8. The average molecular weight is 425 g/mol. The van der Waals surface area contributed by atoms with Crippen LogP contribution in [-0.4, -0.2) is 19.1 Å². The molecule has 0 aliphatic heterocycles. The summed E-state index contributed by atoms with van der Waals surface area (Å²) in [6, 6.07) is 14.0. The van der Waals surface area contributed by atoms with Crippen LogP contribution < -0.4 is 5.69 Å². The molecule has 0 aliphatic carbocycles. The van der Waals surface area contributed by atoms with Gasteiger partial charge in [0.15, 0.2) is 0 Å². The van der Waals surface area contributed by atoms with E-state index in [1.807, 2.05) is 51.6 Å². The van der Waals surface area contributed by atoms with Crippen molar-refractivity contribution in [2.45, 2.75) is 58.5 Å². The summed E-state index contributed by atoms with van der Waals surface area (Å²) in [5.41, 5.74) is 4.76. The van der Waals surface area contributed by atoms with E-state index in [-0.39, 0.29) is 17.8 Å². The largest absolute Gasteiger partial charge is 0.340 e. The minimum atomic E-state index is -0.166. The second kappa shape index (κ2) is 8.31. The van der Waals surface area contributed by atoms with Crippen LogP contribution in [0.5, 0.6) is 0 Å². The summed E-state index contributed by atoms with van der Waals surface area (Å²) in [6.07, 6.45) is 1.83. The molecule has 0 radical (unpaired) electrons. The molecule has 5 nitrogen and oxygen atoms in total. The molecule has 0 fully saturated rings. The number of nitrogens with zero attached hydrogens (tertiary/aromatic N) is 3. The van der Waals surface area contributed by atoms with Gasteiger partial charge in [-0.1, -0.05) is 38.1 Å². The molecule has 2 heterocycles. The van der Waals surface area contributed by atoms with Gasteiger partial charge < -0.3 is 4.98 Å². The Kier molecular flexibility index (Phi) is 5.74. The Hall–Kier alpha value is -2.53. The van der Waals surface area contributed by atoms with Gasteiger partial charge in [0.05, 0.1) is 28.1 Å². The van der Waals surface area contributed by atoms with Crippen molar-refractivity contribution in [3.63, 3.8) is 0 Å². The smallest absolute Gasteiger partial charge is 0.330 e. The monoisotopic (exact) mass is 424 g/mol. The Labute approximate surface area is 181 Å². The maximum atomic E-state index is 13.6. The van der Waals surface area contributed by atoms with Crippen molar-refractivity contribution in [3.8, 4) is 0 Å². The summed E-state index contributed by atoms with van der Waals surface area (Å²) >= 11 is 6.14. The fourth-order valence-corrected chi connectivity index (χ4v) is 4.47. The third-order valence-electron chi connectivity index (χ3n) is 5.73. The lowest BCUT2D eigenvalue weighted by atomic mass is 10.0. The van der Waals surface area contributed by atoms with Gasteiger partial charge in [-0.25, -0.2) is 9.78 Å². The van der Waals surface area contributed by atoms with E-state index in [9.17, 15) is 4.79 Å². The molecule has 0 amide bonds. The molecule has 0 spiro atoms. The Bertz CT molecular complexity index is 1230. The molecule has 0 saturated heterocycles. The van der Waals surface area contributed by atoms with E-state index in [0.29, 0.717) is 11.8 Å². The number of aromatic amines is 1. The van der Waals surface area contributed by atoms with Crippen LogP contribution in [0.15, 0.2) is 47.3 Å². The summed E-state index contributed by atoms with van der Waals surface area (Å²) in [4.78, 5) is 22.0. The first-order chi connectivity index (χ1) is 14.4. The van der Waals surface area contributed by atoms with Crippen molar-refractivity contribution in [3.05, 3.63) is 64.3 Å². The number of fused-ring (bicyclic) bond motifs is 2. The number of hydrogen-bond donors (Lipinski definition) is 1. The second-order valence-electron chi connectivity index (χ2n) is 8.66. The maximum absolute atomic E-state index is 13.6.